The fourth-order valence-corrected chi connectivity index (χ4v) is 2.54. The molecule has 1 fully saturated rings. The number of anilines is 2. The van der Waals surface area contributed by atoms with E-state index in [2.05, 4.69) is 27.2 Å². The maximum atomic E-state index is 5.63. The molecule has 0 aromatic carbocycles. The first-order chi connectivity index (χ1) is 10.1. The highest BCUT2D eigenvalue weighted by Crippen LogP contribution is 2.27. The first-order valence-corrected chi connectivity index (χ1v) is 7.32. The Bertz CT molecular complexity index is 471. The number of rotatable bonds is 6. The van der Waals surface area contributed by atoms with Crippen LogP contribution >= 0.6 is 0 Å². The van der Waals surface area contributed by atoms with Crippen LogP contribution in [0.15, 0.2) is 6.07 Å². The van der Waals surface area contributed by atoms with Gasteiger partial charge in [0.1, 0.15) is 18.2 Å². The molecule has 0 bridgehead atoms. The zero-order chi connectivity index (χ0) is 15.3. The summed E-state index contributed by atoms with van der Waals surface area (Å²) in [4.78, 5) is 11.1. The topological polar surface area (TPSA) is 85.5 Å². The van der Waals surface area contributed by atoms with Crippen molar-refractivity contribution in [2.75, 3.05) is 37.1 Å². The van der Waals surface area contributed by atoms with Gasteiger partial charge in [-0.15, -0.1) is 0 Å². The number of hydrazine groups is 1. The molecule has 2 rings (SSSR count). The van der Waals surface area contributed by atoms with Crippen LogP contribution in [0.1, 0.15) is 32.5 Å². The molecule has 0 amide bonds. The van der Waals surface area contributed by atoms with E-state index in [9.17, 15) is 0 Å². The predicted octanol–water partition coefficient (Wildman–Crippen LogP) is 1.30. The summed E-state index contributed by atoms with van der Waals surface area (Å²) in [6.45, 7) is 6.84. The molecule has 0 radical (unpaired) electrons. The molecule has 2 heterocycles. The van der Waals surface area contributed by atoms with Crippen molar-refractivity contribution in [3.8, 4) is 0 Å². The molecule has 1 unspecified atom stereocenters. The Morgan fingerprint density at radius 1 is 1.48 bits per heavy atom. The lowest BCUT2D eigenvalue weighted by atomic mass is 9.95. The Morgan fingerprint density at radius 3 is 2.95 bits per heavy atom. The molecular weight excluding hydrogens is 270 g/mol. The van der Waals surface area contributed by atoms with Gasteiger partial charge in [0.15, 0.2) is 5.82 Å². The third-order valence-electron chi connectivity index (χ3n) is 3.82. The van der Waals surface area contributed by atoms with E-state index in [0.717, 1.165) is 31.7 Å². The zero-order valence-electron chi connectivity index (χ0n) is 13.1. The van der Waals surface area contributed by atoms with Gasteiger partial charge in [0, 0.05) is 32.9 Å². The van der Waals surface area contributed by atoms with E-state index < -0.39 is 0 Å². The standard InChI is InChI=1S/C14H25N5O2/c1-4-21-9-12-16-11(18-15)8-13(17-12)19-7-5-6-14(2,10-19)20-3/h8H,4-7,9-10,15H2,1-3H3,(H,16,17,18). The Balaban J connectivity index is 2.21. The molecule has 1 aliphatic heterocycles. The minimum Gasteiger partial charge on any atom is -0.377 e. The van der Waals surface area contributed by atoms with Crippen LogP contribution in [0.4, 0.5) is 11.6 Å². The normalized spacial score (nSPS) is 22.4. The van der Waals surface area contributed by atoms with Gasteiger partial charge in [-0.2, -0.15) is 0 Å². The molecule has 21 heavy (non-hydrogen) atoms. The van der Waals surface area contributed by atoms with Crippen molar-refractivity contribution >= 4 is 11.6 Å². The third-order valence-corrected chi connectivity index (χ3v) is 3.82. The molecule has 1 aromatic rings. The number of nitrogen functional groups attached to an aromatic ring is 1. The Hall–Kier alpha value is -1.44. The number of aromatic nitrogens is 2. The molecule has 0 saturated carbocycles. The summed E-state index contributed by atoms with van der Waals surface area (Å²) in [7, 11) is 1.76. The smallest absolute Gasteiger partial charge is 0.158 e. The van der Waals surface area contributed by atoms with E-state index in [-0.39, 0.29) is 5.60 Å². The largest absolute Gasteiger partial charge is 0.377 e. The lowest BCUT2D eigenvalue weighted by molar-refractivity contribution is -0.00483. The van der Waals surface area contributed by atoms with Gasteiger partial charge in [0.05, 0.1) is 5.60 Å². The van der Waals surface area contributed by atoms with Crippen molar-refractivity contribution in [2.24, 2.45) is 5.84 Å². The van der Waals surface area contributed by atoms with Gasteiger partial charge in [-0.1, -0.05) is 0 Å². The van der Waals surface area contributed by atoms with Crippen LogP contribution in [0.5, 0.6) is 0 Å². The molecule has 1 atom stereocenters. The summed E-state index contributed by atoms with van der Waals surface area (Å²) in [6, 6.07) is 1.86. The minimum absolute atomic E-state index is 0.139. The summed E-state index contributed by atoms with van der Waals surface area (Å²) in [5.41, 5.74) is 2.45. The lowest BCUT2D eigenvalue weighted by Gasteiger charge is -2.40. The highest BCUT2D eigenvalue weighted by Gasteiger charge is 2.31. The highest BCUT2D eigenvalue weighted by atomic mass is 16.5. The second-order valence-electron chi connectivity index (χ2n) is 5.49. The van der Waals surface area contributed by atoms with Gasteiger partial charge in [-0.25, -0.2) is 15.8 Å². The molecule has 0 spiro atoms. The molecule has 1 saturated heterocycles. The van der Waals surface area contributed by atoms with Crippen molar-refractivity contribution in [3.63, 3.8) is 0 Å². The fraction of sp³-hybridized carbons (Fsp3) is 0.714. The van der Waals surface area contributed by atoms with Crippen LogP contribution in [0.2, 0.25) is 0 Å². The molecule has 3 N–H and O–H groups in total. The van der Waals surface area contributed by atoms with Crippen molar-refractivity contribution in [3.05, 3.63) is 11.9 Å². The van der Waals surface area contributed by atoms with Crippen molar-refractivity contribution < 1.29 is 9.47 Å². The predicted molar refractivity (Wildman–Crippen MR) is 82.0 cm³/mol. The fourth-order valence-electron chi connectivity index (χ4n) is 2.54. The number of hydrogen-bond donors (Lipinski definition) is 2. The number of methoxy groups -OCH3 is 1. The Kier molecular flexibility index (Phi) is 5.33. The van der Waals surface area contributed by atoms with Gasteiger partial charge in [0.2, 0.25) is 0 Å². The van der Waals surface area contributed by atoms with Crippen LogP contribution in [-0.2, 0) is 16.1 Å². The second-order valence-corrected chi connectivity index (χ2v) is 5.49. The highest BCUT2D eigenvalue weighted by molar-refractivity contribution is 5.49. The number of nitrogens with zero attached hydrogens (tertiary/aromatic N) is 3. The summed E-state index contributed by atoms with van der Waals surface area (Å²) in [5.74, 6) is 7.59. The SMILES string of the molecule is CCOCc1nc(NN)cc(N2CCCC(C)(OC)C2)n1. The van der Waals surface area contributed by atoms with Crippen LogP contribution in [0, 0.1) is 0 Å². The van der Waals surface area contributed by atoms with E-state index in [1.54, 1.807) is 7.11 Å². The van der Waals surface area contributed by atoms with Gasteiger partial charge in [0.25, 0.3) is 0 Å². The molecule has 1 aliphatic rings. The van der Waals surface area contributed by atoms with Crippen LogP contribution in [-0.4, -0.2) is 42.4 Å². The van der Waals surface area contributed by atoms with Crippen molar-refractivity contribution in [1.82, 2.24) is 9.97 Å². The summed E-state index contributed by atoms with van der Waals surface area (Å²) in [5, 5.41) is 0. The summed E-state index contributed by atoms with van der Waals surface area (Å²) in [6.07, 6.45) is 2.12. The summed E-state index contributed by atoms with van der Waals surface area (Å²) < 4.78 is 11.0. The van der Waals surface area contributed by atoms with Crippen LogP contribution < -0.4 is 16.2 Å². The Labute approximate surface area is 125 Å². The van der Waals surface area contributed by atoms with E-state index in [0.29, 0.717) is 24.9 Å². The first kappa shape index (κ1) is 15.9. The molecule has 0 aliphatic carbocycles. The molecular formula is C14H25N5O2. The van der Waals surface area contributed by atoms with Gasteiger partial charge >= 0.3 is 0 Å². The maximum Gasteiger partial charge on any atom is 0.158 e. The number of nitrogens with two attached hydrogens (primary N) is 1. The van der Waals surface area contributed by atoms with E-state index in [1.165, 1.54) is 0 Å². The van der Waals surface area contributed by atoms with Crippen LogP contribution in [0.25, 0.3) is 0 Å². The minimum atomic E-state index is -0.139. The number of piperidine rings is 1. The number of hydrogen-bond acceptors (Lipinski definition) is 7. The summed E-state index contributed by atoms with van der Waals surface area (Å²) >= 11 is 0. The van der Waals surface area contributed by atoms with Gasteiger partial charge in [-0.05, 0) is 26.7 Å². The number of nitrogens with one attached hydrogen (secondary N) is 1. The maximum absolute atomic E-state index is 5.63. The molecule has 118 valence electrons. The quantitative estimate of drug-likeness (QED) is 0.604. The van der Waals surface area contributed by atoms with E-state index >= 15 is 0 Å². The molecule has 1 aromatic heterocycles. The van der Waals surface area contributed by atoms with Crippen molar-refractivity contribution in [1.29, 1.82) is 0 Å². The van der Waals surface area contributed by atoms with E-state index in [4.69, 9.17) is 15.3 Å². The van der Waals surface area contributed by atoms with Gasteiger partial charge < -0.3 is 19.8 Å². The second kappa shape index (κ2) is 7.02. The van der Waals surface area contributed by atoms with Gasteiger partial charge in [-0.3, -0.25) is 0 Å². The Morgan fingerprint density at radius 2 is 2.29 bits per heavy atom. The third kappa shape index (κ3) is 4.03. The average molecular weight is 295 g/mol. The first-order valence-electron chi connectivity index (χ1n) is 7.32. The number of ether oxygens (including phenoxy) is 2. The van der Waals surface area contributed by atoms with E-state index in [1.807, 2.05) is 13.0 Å². The van der Waals surface area contributed by atoms with Crippen LogP contribution in [0.3, 0.4) is 0 Å². The average Bonchev–Trinajstić information content (AvgIpc) is 2.52. The zero-order valence-corrected chi connectivity index (χ0v) is 13.1. The monoisotopic (exact) mass is 295 g/mol. The lowest BCUT2D eigenvalue weighted by Crippen LogP contribution is -2.47. The molecule has 7 heteroatoms. The van der Waals surface area contributed by atoms with Crippen molar-refractivity contribution in [2.45, 2.75) is 38.9 Å². The molecule has 7 nitrogen and oxygen atoms in total.